The van der Waals surface area contributed by atoms with Crippen molar-refractivity contribution in [1.82, 2.24) is 9.97 Å². The average molecular weight is 320 g/mol. The summed E-state index contributed by atoms with van der Waals surface area (Å²) in [6.07, 6.45) is 0. The lowest BCUT2D eigenvalue weighted by molar-refractivity contribution is 0.102. The van der Waals surface area contributed by atoms with Gasteiger partial charge in [-0.25, -0.2) is 9.18 Å². The van der Waals surface area contributed by atoms with Crippen molar-refractivity contribution < 1.29 is 9.18 Å². The van der Waals surface area contributed by atoms with Crippen molar-refractivity contribution in [3.63, 3.8) is 0 Å². The molecule has 22 heavy (non-hydrogen) atoms. The van der Waals surface area contributed by atoms with E-state index in [9.17, 15) is 14.0 Å². The highest BCUT2D eigenvalue weighted by atomic mass is 35.5. The van der Waals surface area contributed by atoms with Gasteiger partial charge in [0.15, 0.2) is 0 Å². The van der Waals surface area contributed by atoms with Crippen LogP contribution in [0.3, 0.4) is 0 Å². The first-order valence-electron chi connectivity index (χ1n) is 6.43. The van der Waals surface area contributed by atoms with Gasteiger partial charge in [-0.1, -0.05) is 17.7 Å². The highest BCUT2D eigenvalue weighted by Crippen LogP contribution is 2.24. The number of aromatic nitrogens is 2. The molecule has 2 aromatic carbocycles. The van der Waals surface area contributed by atoms with E-state index in [1.807, 2.05) is 0 Å². The number of benzene rings is 2. The van der Waals surface area contributed by atoms with Crippen molar-refractivity contribution in [1.29, 1.82) is 0 Å². The van der Waals surface area contributed by atoms with Crippen LogP contribution < -0.4 is 11.0 Å². The quantitative estimate of drug-likeness (QED) is 0.678. The van der Waals surface area contributed by atoms with E-state index in [-0.39, 0.29) is 16.3 Å². The summed E-state index contributed by atoms with van der Waals surface area (Å²) in [5.74, 6) is -1.35. The van der Waals surface area contributed by atoms with Crippen molar-refractivity contribution in [3.8, 4) is 0 Å². The Bertz CT molecular complexity index is 925. The lowest BCUT2D eigenvalue weighted by atomic mass is 10.1. The standard InChI is InChI=1S/C15H11ClFN3O2/c1-7-5-11-12(20-15(22)19-11)6-10(7)18-14(21)13-8(16)3-2-4-9(13)17/h2-6H,1H3,(H,18,21)(H2,19,20,22). The molecule has 0 unspecified atom stereocenters. The molecule has 0 saturated heterocycles. The summed E-state index contributed by atoms with van der Waals surface area (Å²) < 4.78 is 13.8. The van der Waals surface area contributed by atoms with Crippen molar-refractivity contribution in [3.05, 3.63) is 62.8 Å². The molecule has 0 bridgehead atoms. The summed E-state index contributed by atoms with van der Waals surface area (Å²) in [5, 5.41) is 2.64. The van der Waals surface area contributed by atoms with Crippen molar-refractivity contribution >= 4 is 34.2 Å². The highest BCUT2D eigenvalue weighted by Gasteiger charge is 2.17. The van der Waals surface area contributed by atoms with E-state index in [1.54, 1.807) is 19.1 Å². The van der Waals surface area contributed by atoms with E-state index >= 15 is 0 Å². The van der Waals surface area contributed by atoms with Gasteiger partial charge in [0.05, 0.1) is 21.6 Å². The number of nitrogens with one attached hydrogen (secondary N) is 3. The monoisotopic (exact) mass is 319 g/mol. The SMILES string of the molecule is Cc1cc2[nH]c(=O)[nH]c2cc1NC(=O)c1c(F)cccc1Cl. The molecule has 3 N–H and O–H groups in total. The number of halogens is 2. The molecule has 0 radical (unpaired) electrons. The van der Waals surface area contributed by atoms with Crippen LogP contribution in [0.2, 0.25) is 5.02 Å². The Balaban J connectivity index is 2.00. The molecule has 1 aromatic heterocycles. The summed E-state index contributed by atoms with van der Waals surface area (Å²) in [5.41, 5.74) is 1.81. The predicted octanol–water partition coefficient (Wildman–Crippen LogP) is 3.21. The van der Waals surface area contributed by atoms with E-state index in [1.165, 1.54) is 18.2 Å². The van der Waals surface area contributed by atoms with E-state index in [4.69, 9.17) is 11.6 Å². The summed E-state index contributed by atoms with van der Waals surface area (Å²) in [4.78, 5) is 28.7. The van der Waals surface area contributed by atoms with Crippen LogP contribution in [0, 0.1) is 12.7 Å². The zero-order valence-electron chi connectivity index (χ0n) is 11.5. The third kappa shape index (κ3) is 2.48. The van der Waals surface area contributed by atoms with Gasteiger partial charge < -0.3 is 15.3 Å². The Morgan fingerprint density at radius 3 is 2.59 bits per heavy atom. The van der Waals surface area contributed by atoms with Gasteiger partial charge in [0.2, 0.25) is 0 Å². The van der Waals surface area contributed by atoms with Gasteiger partial charge in [0, 0.05) is 5.69 Å². The smallest absolute Gasteiger partial charge is 0.322 e. The fraction of sp³-hybridized carbons (Fsp3) is 0.0667. The zero-order valence-corrected chi connectivity index (χ0v) is 12.2. The van der Waals surface area contributed by atoms with Crippen LogP contribution in [0.15, 0.2) is 35.1 Å². The van der Waals surface area contributed by atoms with Crippen LogP contribution in [0.25, 0.3) is 11.0 Å². The second-order valence-corrected chi connectivity index (χ2v) is 5.25. The number of aromatic amines is 2. The Hall–Kier alpha value is -2.60. The molecule has 3 rings (SSSR count). The number of rotatable bonds is 2. The number of aryl methyl sites for hydroxylation is 1. The largest absolute Gasteiger partial charge is 0.323 e. The minimum atomic E-state index is -0.696. The van der Waals surface area contributed by atoms with Gasteiger partial charge in [-0.15, -0.1) is 0 Å². The number of hydrogen-bond donors (Lipinski definition) is 3. The maximum atomic E-state index is 13.8. The molecule has 0 atom stereocenters. The van der Waals surface area contributed by atoms with Crippen LogP contribution in [0.1, 0.15) is 15.9 Å². The molecular weight excluding hydrogens is 309 g/mol. The molecule has 0 aliphatic rings. The van der Waals surface area contributed by atoms with E-state index in [2.05, 4.69) is 15.3 Å². The lowest BCUT2D eigenvalue weighted by Gasteiger charge is -2.10. The molecule has 5 nitrogen and oxygen atoms in total. The third-order valence-electron chi connectivity index (χ3n) is 3.30. The van der Waals surface area contributed by atoms with Gasteiger partial charge in [-0.2, -0.15) is 0 Å². The molecule has 1 amide bonds. The van der Waals surface area contributed by atoms with E-state index < -0.39 is 11.7 Å². The first-order valence-corrected chi connectivity index (χ1v) is 6.81. The molecule has 0 fully saturated rings. The number of hydrogen-bond acceptors (Lipinski definition) is 2. The van der Waals surface area contributed by atoms with Crippen LogP contribution >= 0.6 is 11.6 Å². The number of carbonyl (C=O) groups excluding carboxylic acids is 1. The first kappa shape index (κ1) is 14.3. The topological polar surface area (TPSA) is 77.8 Å². The van der Waals surface area contributed by atoms with Crippen molar-refractivity contribution in [2.24, 2.45) is 0 Å². The van der Waals surface area contributed by atoms with Crippen LogP contribution in [-0.2, 0) is 0 Å². The van der Waals surface area contributed by atoms with Gasteiger partial charge in [-0.05, 0) is 36.8 Å². The molecule has 0 aliphatic carbocycles. The number of imidazole rings is 1. The maximum absolute atomic E-state index is 13.8. The number of fused-ring (bicyclic) bond motifs is 1. The summed E-state index contributed by atoms with van der Waals surface area (Å²) in [7, 11) is 0. The predicted molar refractivity (Wildman–Crippen MR) is 83.0 cm³/mol. The summed E-state index contributed by atoms with van der Waals surface area (Å²) >= 11 is 5.88. The Labute approximate surface area is 129 Å². The maximum Gasteiger partial charge on any atom is 0.323 e. The minimum absolute atomic E-state index is 0.0336. The molecule has 1 heterocycles. The fourth-order valence-electron chi connectivity index (χ4n) is 2.22. The molecule has 0 saturated carbocycles. The molecule has 3 aromatic rings. The molecule has 112 valence electrons. The Kier molecular flexibility index (Phi) is 3.46. The van der Waals surface area contributed by atoms with Crippen LogP contribution in [-0.4, -0.2) is 15.9 Å². The number of H-pyrrole nitrogens is 2. The van der Waals surface area contributed by atoms with Gasteiger partial charge in [0.1, 0.15) is 5.82 Å². The summed E-state index contributed by atoms with van der Waals surface area (Å²) in [6.45, 7) is 1.77. The zero-order chi connectivity index (χ0) is 15.9. The fourth-order valence-corrected chi connectivity index (χ4v) is 2.47. The van der Waals surface area contributed by atoms with E-state index in [0.717, 1.165) is 5.56 Å². The average Bonchev–Trinajstić information content (AvgIpc) is 2.78. The van der Waals surface area contributed by atoms with E-state index in [0.29, 0.717) is 16.7 Å². The van der Waals surface area contributed by atoms with Crippen molar-refractivity contribution in [2.75, 3.05) is 5.32 Å². The first-order chi connectivity index (χ1) is 10.5. The Morgan fingerprint density at radius 2 is 1.91 bits per heavy atom. The third-order valence-corrected chi connectivity index (χ3v) is 3.61. The van der Waals surface area contributed by atoms with Crippen LogP contribution in [0.4, 0.5) is 10.1 Å². The van der Waals surface area contributed by atoms with Crippen LogP contribution in [0.5, 0.6) is 0 Å². The van der Waals surface area contributed by atoms with Crippen molar-refractivity contribution in [2.45, 2.75) is 6.92 Å². The molecule has 0 aliphatic heterocycles. The second-order valence-electron chi connectivity index (χ2n) is 4.84. The molecule has 0 spiro atoms. The second kappa shape index (κ2) is 5.31. The number of anilines is 1. The summed E-state index contributed by atoms with van der Waals surface area (Å²) in [6, 6.07) is 7.36. The molecule has 7 heteroatoms. The minimum Gasteiger partial charge on any atom is -0.322 e. The van der Waals surface area contributed by atoms with Gasteiger partial charge >= 0.3 is 5.69 Å². The number of carbonyl (C=O) groups is 1. The van der Waals surface area contributed by atoms with Gasteiger partial charge in [-0.3, -0.25) is 4.79 Å². The highest BCUT2D eigenvalue weighted by molar-refractivity contribution is 6.34. The lowest BCUT2D eigenvalue weighted by Crippen LogP contribution is -2.15. The van der Waals surface area contributed by atoms with Gasteiger partial charge in [0.25, 0.3) is 5.91 Å². The molecular formula is C15H11ClFN3O2. The normalized spacial score (nSPS) is 10.9. The Morgan fingerprint density at radius 1 is 1.23 bits per heavy atom. The number of amides is 1.